The maximum atomic E-state index is 6.10. The molecular weight excluding hydrogens is 386 g/mol. The first-order chi connectivity index (χ1) is 14.1. The summed E-state index contributed by atoms with van der Waals surface area (Å²) in [6.07, 6.45) is 1.76. The number of rotatable bonds is 7. The van der Waals surface area contributed by atoms with Gasteiger partial charge in [0.15, 0.2) is 17.0 Å². The molecule has 2 aromatic heterocycles. The van der Waals surface area contributed by atoms with Crippen molar-refractivity contribution in [3.63, 3.8) is 0 Å². The van der Waals surface area contributed by atoms with Crippen LogP contribution in [0.2, 0.25) is 5.28 Å². The zero-order valence-corrected chi connectivity index (χ0v) is 17.1. The smallest absolute Gasteiger partial charge is 0.226 e. The number of halogens is 1. The summed E-state index contributed by atoms with van der Waals surface area (Å²) in [5.74, 6) is 1.43. The Balaban J connectivity index is 1.37. The molecule has 0 unspecified atom stereocenters. The highest BCUT2D eigenvalue weighted by Gasteiger charge is 2.13. The van der Waals surface area contributed by atoms with Crippen molar-refractivity contribution in [3.05, 3.63) is 66.2 Å². The lowest BCUT2D eigenvalue weighted by molar-refractivity contribution is 0.333. The molecule has 0 saturated carbocycles. The summed E-state index contributed by atoms with van der Waals surface area (Å²) in [5, 5.41) is 3.45. The second-order valence-electron chi connectivity index (χ2n) is 6.92. The number of imidazole rings is 1. The minimum atomic E-state index is 0.194. The van der Waals surface area contributed by atoms with Crippen LogP contribution in [0.5, 0.6) is 5.75 Å². The molecule has 2 aromatic carbocycles. The molecule has 4 rings (SSSR count). The van der Waals surface area contributed by atoms with E-state index in [2.05, 4.69) is 58.4 Å². The van der Waals surface area contributed by atoms with E-state index < -0.39 is 0 Å². The Hall–Kier alpha value is -3.12. The first kappa shape index (κ1) is 19.2. The van der Waals surface area contributed by atoms with E-state index in [1.165, 1.54) is 5.56 Å². The molecule has 0 atom stereocenters. The number of nitrogens with one attached hydrogen (secondary N) is 1. The summed E-state index contributed by atoms with van der Waals surface area (Å²) in [4.78, 5) is 13.0. The molecule has 0 aliphatic rings. The summed E-state index contributed by atoms with van der Waals surface area (Å²) in [5.41, 5.74) is 3.77. The molecule has 7 heteroatoms. The van der Waals surface area contributed by atoms with E-state index in [9.17, 15) is 0 Å². The number of ether oxygens (including phenoxy) is 1. The highest BCUT2D eigenvalue weighted by molar-refractivity contribution is 6.28. The molecule has 0 bridgehead atoms. The van der Waals surface area contributed by atoms with Crippen LogP contribution in [0, 0.1) is 0 Å². The van der Waals surface area contributed by atoms with Gasteiger partial charge in [0.25, 0.3) is 0 Å². The first-order valence-electron chi connectivity index (χ1n) is 9.54. The summed E-state index contributed by atoms with van der Waals surface area (Å²) in [7, 11) is 0. The van der Waals surface area contributed by atoms with Crippen molar-refractivity contribution in [1.29, 1.82) is 0 Å². The minimum Gasteiger partial charge on any atom is -0.492 e. The van der Waals surface area contributed by atoms with Crippen LogP contribution in [0.15, 0.2) is 60.9 Å². The average Bonchev–Trinajstić information content (AvgIpc) is 3.16. The van der Waals surface area contributed by atoms with Crippen LogP contribution in [-0.2, 0) is 0 Å². The molecule has 1 N–H and O–H groups in total. The largest absolute Gasteiger partial charge is 0.492 e. The van der Waals surface area contributed by atoms with E-state index in [1.54, 1.807) is 6.33 Å². The first-order valence-corrected chi connectivity index (χ1v) is 9.92. The number of hydrogen-bond acceptors (Lipinski definition) is 5. The Kier molecular flexibility index (Phi) is 5.62. The van der Waals surface area contributed by atoms with Gasteiger partial charge >= 0.3 is 0 Å². The van der Waals surface area contributed by atoms with Crippen molar-refractivity contribution in [2.24, 2.45) is 0 Å². The molecule has 148 valence electrons. The van der Waals surface area contributed by atoms with E-state index in [-0.39, 0.29) is 11.3 Å². The molecule has 0 spiro atoms. The van der Waals surface area contributed by atoms with Gasteiger partial charge in [-0.2, -0.15) is 9.97 Å². The lowest BCUT2D eigenvalue weighted by Crippen LogP contribution is -2.13. The van der Waals surface area contributed by atoms with Gasteiger partial charge in [-0.05, 0) is 48.7 Å². The van der Waals surface area contributed by atoms with E-state index in [1.807, 2.05) is 34.9 Å². The predicted molar refractivity (Wildman–Crippen MR) is 117 cm³/mol. The quantitative estimate of drug-likeness (QED) is 0.336. The Bertz CT molecular complexity index is 1090. The number of hydrogen-bond donors (Lipinski definition) is 1. The van der Waals surface area contributed by atoms with Gasteiger partial charge in [0.05, 0.1) is 12.9 Å². The topological polar surface area (TPSA) is 64.9 Å². The third-order valence-corrected chi connectivity index (χ3v) is 4.74. The van der Waals surface area contributed by atoms with Crippen molar-refractivity contribution >= 4 is 28.6 Å². The standard InChI is InChI=1S/C22H22ClN5O/c1-15(2)28-14-25-19-20(26-22(23)27-21(19)28)24-12-13-29-18-10-8-17(9-11-18)16-6-4-3-5-7-16/h3-11,14-15H,12-13H2,1-2H3,(H,24,26,27). The van der Waals surface area contributed by atoms with Gasteiger partial charge in [-0.1, -0.05) is 42.5 Å². The Morgan fingerprint density at radius 1 is 1.00 bits per heavy atom. The molecule has 4 aromatic rings. The Labute approximate surface area is 174 Å². The van der Waals surface area contributed by atoms with Crippen LogP contribution in [0.3, 0.4) is 0 Å². The second-order valence-corrected chi connectivity index (χ2v) is 7.26. The fourth-order valence-corrected chi connectivity index (χ4v) is 3.27. The third kappa shape index (κ3) is 4.32. The molecule has 0 aliphatic carbocycles. The normalized spacial score (nSPS) is 11.2. The van der Waals surface area contributed by atoms with Crippen LogP contribution in [0.25, 0.3) is 22.3 Å². The maximum absolute atomic E-state index is 6.10. The lowest BCUT2D eigenvalue weighted by Gasteiger charge is -2.10. The van der Waals surface area contributed by atoms with Crippen LogP contribution in [-0.4, -0.2) is 32.7 Å². The zero-order chi connectivity index (χ0) is 20.2. The van der Waals surface area contributed by atoms with Gasteiger partial charge in [0.2, 0.25) is 5.28 Å². The molecule has 2 heterocycles. The summed E-state index contributed by atoms with van der Waals surface area (Å²) >= 11 is 6.10. The molecule has 0 radical (unpaired) electrons. The monoisotopic (exact) mass is 407 g/mol. The van der Waals surface area contributed by atoms with Gasteiger partial charge < -0.3 is 14.6 Å². The summed E-state index contributed by atoms with van der Waals surface area (Å²) < 4.78 is 7.81. The van der Waals surface area contributed by atoms with E-state index in [0.29, 0.717) is 24.5 Å². The summed E-state index contributed by atoms with van der Waals surface area (Å²) in [6, 6.07) is 18.6. The SMILES string of the molecule is CC(C)n1cnc2c(NCCOc3ccc(-c4ccccc4)cc3)nc(Cl)nc21. The lowest BCUT2D eigenvalue weighted by atomic mass is 10.1. The molecule has 0 amide bonds. The zero-order valence-electron chi connectivity index (χ0n) is 16.3. The second kappa shape index (κ2) is 8.49. The van der Waals surface area contributed by atoms with E-state index in [0.717, 1.165) is 17.0 Å². The van der Waals surface area contributed by atoms with Gasteiger partial charge in [-0.3, -0.25) is 0 Å². The van der Waals surface area contributed by atoms with Crippen molar-refractivity contribution < 1.29 is 4.74 Å². The molecule has 6 nitrogen and oxygen atoms in total. The van der Waals surface area contributed by atoms with Crippen LogP contribution < -0.4 is 10.1 Å². The van der Waals surface area contributed by atoms with E-state index >= 15 is 0 Å². The molecule has 0 aliphatic heterocycles. The van der Waals surface area contributed by atoms with Crippen molar-refractivity contribution in [2.75, 3.05) is 18.5 Å². The van der Waals surface area contributed by atoms with E-state index in [4.69, 9.17) is 16.3 Å². The van der Waals surface area contributed by atoms with Crippen LogP contribution in [0.1, 0.15) is 19.9 Å². The average molecular weight is 408 g/mol. The van der Waals surface area contributed by atoms with Crippen LogP contribution >= 0.6 is 11.6 Å². The van der Waals surface area contributed by atoms with Crippen molar-refractivity contribution in [2.45, 2.75) is 19.9 Å². The molecule has 29 heavy (non-hydrogen) atoms. The van der Waals surface area contributed by atoms with Gasteiger partial charge in [-0.15, -0.1) is 0 Å². The number of nitrogens with zero attached hydrogens (tertiary/aromatic N) is 4. The van der Waals surface area contributed by atoms with Gasteiger partial charge in [-0.25, -0.2) is 4.98 Å². The fraction of sp³-hybridized carbons (Fsp3) is 0.227. The van der Waals surface area contributed by atoms with Crippen LogP contribution in [0.4, 0.5) is 5.82 Å². The molecule has 0 saturated heterocycles. The molecule has 0 fully saturated rings. The Morgan fingerprint density at radius 2 is 1.72 bits per heavy atom. The Morgan fingerprint density at radius 3 is 2.45 bits per heavy atom. The summed E-state index contributed by atoms with van der Waals surface area (Å²) in [6.45, 7) is 5.19. The van der Waals surface area contributed by atoms with Crippen molar-refractivity contribution in [1.82, 2.24) is 19.5 Å². The number of anilines is 1. The predicted octanol–water partition coefficient (Wildman–Crippen LogP) is 5.22. The van der Waals surface area contributed by atoms with Crippen molar-refractivity contribution in [3.8, 4) is 16.9 Å². The highest BCUT2D eigenvalue weighted by Crippen LogP contribution is 2.24. The maximum Gasteiger partial charge on any atom is 0.226 e. The van der Waals surface area contributed by atoms with Gasteiger partial charge in [0, 0.05) is 6.04 Å². The third-order valence-electron chi connectivity index (χ3n) is 4.58. The minimum absolute atomic E-state index is 0.194. The number of benzene rings is 2. The number of fused-ring (bicyclic) bond motifs is 1. The fourth-order valence-electron chi connectivity index (χ4n) is 3.10. The highest BCUT2D eigenvalue weighted by atomic mass is 35.5. The van der Waals surface area contributed by atoms with Gasteiger partial charge in [0.1, 0.15) is 12.4 Å². The number of aromatic nitrogens is 4. The molecular formula is C22H22ClN5O.